The Morgan fingerprint density at radius 1 is 1.61 bits per heavy atom. The molecule has 0 spiro atoms. The maximum absolute atomic E-state index is 12.4. The van der Waals surface area contributed by atoms with Gasteiger partial charge in [0.15, 0.2) is 0 Å². The van der Waals surface area contributed by atoms with Gasteiger partial charge < -0.3 is 10.5 Å². The first kappa shape index (κ1) is 13.5. The molecular formula is C10H14N2O4S2. The highest BCUT2D eigenvalue weighted by Crippen LogP contribution is 2.27. The monoisotopic (exact) mass is 290 g/mol. The van der Waals surface area contributed by atoms with E-state index in [0.717, 1.165) is 11.3 Å². The highest BCUT2D eigenvalue weighted by molar-refractivity contribution is 7.91. The van der Waals surface area contributed by atoms with Crippen LogP contribution in [0.2, 0.25) is 0 Å². The zero-order chi connectivity index (χ0) is 13.3. The number of nitrogens with two attached hydrogens (primary N) is 1. The van der Waals surface area contributed by atoms with E-state index in [2.05, 4.69) is 0 Å². The summed E-state index contributed by atoms with van der Waals surface area (Å²) in [7, 11) is -3.66. The predicted molar refractivity (Wildman–Crippen MR) is 67.0 cm³/mol. The first-order chi connectivity index (χ1) is 8.43. The number of nitrogens with zero attached hydrogens (tertiary/aromatic N) is 1. The average molecular weight is 290 g/mol. The standard InChI is InChI=1S/C10H14N2O4S2/c1-7-6-12(3-4-16-7)18(14,15)10-8(9(11)13)2-5-17-10/h2,5,7H,3-4,6H2,1H3,(H2,11,13). The van der Waals surface area contributed by atoms with Crippen LogP contribution in [-0.2, 0) is 14.8 Å². The summed E-state index contributed by atoms with van der Waals surface area (Å²) in [4.78, 5) is 11.2. The molecule has 0 saturated carbocycles. The predicted octanol–water partition coefficient (Wildman–Crippen LogP) is 0.256. The molecule has 1 atom stereocenters. The molecule has 100 valence electrons. The third kappa shape index (κ3) is 2.41. The zero-order valence-electron chi connectivity index (χ0n) is 9.83. The van der Waals surface area contributed by atoms with Crippen molar-refractivity contribution in [2.45, 2.75) is 17.2 Å². The SMILES string of the molecule is CC1CN(S(=O)(=O)c2sccc2C(N)=O)CCO1. The summed E-state index contributed by atoms with van der Waals surface area (Å²) in [5.74, 6) is -0.726. The van der Waals surface area contributed by atoms with Gasteiger partial charge in [0, 0.05) is 13.1 Å². The van der Waals surface area contributed by atoms with E-state index in [-0.39, 0.29) is 15.9 Å². The molecule has 0 aliphatic carbocycles. The molecule has 1 fully saturated rings. The molecule has 2 heterocycles. The van der Waals surface area contributed by atoms with Crippen molar-refractivity contribution < 1.29 is 17.9 Å². The van der Waals surface area contributed by atoms with Crippen LogP contribution in [0.3, 0.4) is 0 Å². The number of carbonyl (C=O) groups excluding carboxylic acids is 1. The molecule has 18 heavy (non-hydrogen) atoms. The van der Waals surface area contributed by atoms with Crippen molar-refractivity contribution in [3.63, 3.8) is 0 Å². The molecular weight excluding hydrogens is 276 g/mol. The minimum Gasteiger partial charge on any atom is -0.376 e. The lowest BCUT2D eigenvalue weighted by atomic mass is 10.3. The van der Waals surface area contributed by atoms with Crippen LogP contribution in [-0.4, -0.2) is 44.4 Å². The fourth-order valence-corrected chi connectivity index (χ4v) is 4.79. The summed E-state index contributed by atoms with van der Waals surface area (Å²) < 4.78 is 31.4. The van der Waals surface area contributed by atoms with Gasteiger partial charge in [-0.2, -0.15) is 4.31 Å². The normalized spacial score (nSPS) is 21.9. The molecule has 1 aromatic heterocycles. The minimum absolute atomic E-state index is 0.0177. The molecule has 1 aromatic rings. The van der Waals surface area contributed by atoms with E-state index in [1.165, 1.54) is 10.4 Å². The van der Waals surface area contributed by atoms with Gasteiger partial charge in [0.05, 0.1) is 18.3 Å². The second-order valence-corrected chi connectivity index (χ2v) is 7.08. The van der Waals surface area contributed by atoms with Gasteiger partial charge in [-0.25, -0.2) is 8.42 Å². The zero-order valence-corrected chi connectivity index (χ0v) is 11.5. The van der Waals surface area contributed by atoms with E-state index in [1.54, 1.807) is 5.38 Å². The summed E-state index contributed by atoms with van der Waals surface area (Å²) in [5, 5.41) is 1.55. The summed E-state index contributed by atoms with van der Waals surface area (Å²) in [6, 6.07) is 1.43. The van der Waals surface area contributed by atoms with Gasteiger partial charge in [-0.05, 0) is 18.4 Å². The van der Waals surface area contributed by atoms with E-state index >= 15 is 0 Å². The van der Waals surface area contributed by atoms with Gasteiger partial charge >= 0.3 is 0 Å². The van der Waals surface area contributed by atoms with Crippen molar-refractivity contribution >= 4 is 27.3 Å². The Morgan fingerprint density at radius 3 is 2.94 bits per heavy atom. The Bertz CT molecular complexity index is 552. The van der Waals surface area contributed by atoms with Crippen molar-refractivity contribution in [3.8, 4) is 0 Å². The molecule has 1 aliphatic heterocycles. The second kappa shape index (κ2) is 4.96. The average Bonchev–Trinajstić information content (AvgIpc) is 2.78. The highest BCUT2D eigenvalue weighted by atomic mass is 32.2. The van der Waals surface area contributed by atoms with Crippen LogP contribution in [0.4, 0.5) is 0 Å². The Kier molecular flexibility index (Phi) is 3.71. The number of hydrogen-bond acceptors (Lipinski definition) is 5. The Labute approximate surface area is 109 Å². The summed E-state index contributed by atoms with van der Waals surface area (Å²) >= 11 is 1.01. The van der Waals surface area contributed by atoms with E-state index in [0.29, 0.717) is 19.7 Å². The molecule has 1 amide bonds. The lowest BCUT2D eigenvalue weighted by Crippen LogP contribution is -2.44. The molecule has 6 nitrogen and oxygen atoms in total. The Hall–Kier alpha value is -0.960. The lowest BCUT2D eigenvalue weighted by Gasteiger charge is -2.30. The van der Waals surface area contributed by atoms with E-state index < -0.39 is 15.9 Å². The maximum atomic E-state index is 12.4. The third-order valence-corrected chi connectivity index (χ3v) is 6.00. The van der Waals surface area contributed by atoms with Crippen LogP contribution < -0.4 is 5.73 Å². The molecule has 1 aliphatic rings. The molecule has 1 saturated heterocycles. The fraction of sp³-hybridized carbons (Fsp3) is 0.500. The molecule has 1 unspecified atom stereocenters. The number of amides is 1. The van der Waals surface area contributed by atoms with Gasteiger partial charge in [-0.3, -0.25) is 4.79 Å². The minimum atomic E-state index is -3.66. The Morgan fingerprint density at radius 2 is 2.33 bits per heavy atom. The Balaban J connectivity index is 2.36. The summed E-state index contributed by atoms with van der Waals surface area (Å²) in [5.41, 5.74) is 5.23. The second-order valence-electron chi connectivity index (χ2n) is 4.03. The number of ether oxygens (including phenoxy) is 1. The molecule has 8 heteroatoms. The third-order valence-electron chi connectivity index (χ3n) is 2.67. The van der Waals surface area contributed by atoms with Crippen molar-refractivity contribution in [1.82, 2.24) is 4.31 Å². The summed E-state index contributed by atoms with van der Waals surface area (Å²) in [6.45, 7) is 2.75. The number of primary amides is 1. The van der Waals surface area contributed by atoms with Gasteiger partial charge in [-0.15, -0.1) is 11.3 Å². The smallest absolute Gasteiger partial charge is 0.253 e. The van der Waals surface area contributed by atoms with Crippen LogP contribution in [0.25, 0.3) is 0 Å². The van der Waals surface area contributed by atoms with Gasteiger partial charge in [0.25, 0.3) is 15.9 Å². The van der Waals surface area contributed by atoms with Crippen LogP contribution in [0.1, 0.15) is 17.3 Å². The van der Waals surface area contributed by atoms with E-state index in [9.17, 15) is 13.2 Å². The largest absolute Gasteiger partial charge is 0.376 e. The topological polar surface area (TPSA) is 89.7 Å². The van der Waals surface area contributed by atoms with Crippen molar-refractivity contribution in [1.29, 1.82) is 0 Å². The number of thiophene rings is 1. The van der Waals surface area contributed by atoms with Crippen LogP contribution in [0.5, 0.6) is 0 Å². The van der Waals surface area contributed by atoms with Crippen LogP contribution >= 0.6 is 11.3 Å². The van der Waals surface area contributed by atoms with E-state index in [1.807, 2.05) is 6.92 Å². The molecule has 2 N–H and O–H groups in total. The maximum Gasteiger partial charge on any atom is 0.253 e. The fourth-order valence-electron chi connectivity index (χ4n) is 1.80. The lowest BCUT2D eigenvalue weighted by molar-refractivity contribution is 0.0102. The number of carbonyl (C=O) groups is 1. The first-order valence-corrected chi connectivity index (χ1v) is 7.74. The summed E-state index contributed by atoms with van der Waals surface area (Å²) in [6.07, 6.45) is -0.148. The number of rotatable bonds is 3. The van der Waals surface area contributed by atoms with Crippen molar-refractivity contribution in [3.05, 3.63) is 17.0 Å². The molecule has 0 bridgehead atoms. The molecule has 0 radical (unpaired) electrons. The number of sulfonamides is 1. The van der Waals surface area contributed by atoms with Crippen molar-refractivity contribution in [2.75, 3.05) is 19.7 Å². The highest BCUT2D eigenvalue weighted by Gasteiger charge is 2.32. The number of hydrogen-bond donors (Lipinski definition) is 1. The number of morpholine rings is 1. The van der Waals surface area contributed by atoms with Gasteiger partial charge in [0.2, 0.25) is 0 Å². The van der Waals surface area contributed by atoms with Gasteiger partial charge in [0.1, 0.15) is 4.21 Å². The van der Waals surface area contributed by atoms with E-state index in [4.69, 9.17) is 10.5 Å². The van der Waals surface area contributed by atoms with Crippen molar-refractivity contribution in [2.24, 2.45) is 5.73 Å². The van der Waals surface area contributed by atoms with Crippen LogP contribution in [0.15, 0.2) is 15.7 Å². The first-order valence-electron chi connectivity index (χ1n) is 5.42. The molecule has 0 aromatic carbocycles. The van der Waals surface area contributed by atoms with Crippen LogP contribution in [0, 0.1) is 0 Å². The van der Waals surface area contributed by atoms with Gasteiger partial charge in [-0.1, -0.05) is 0 Å². The quantitative estimate of drug-likeness (QED) is 0.864. The molecule has 2 rings (SSSR count).